The smallest absolute Gasteiger partial charge is 0.407 e. The second-order valence-electron chi connectivity index (χ2n) is 6.55. The first-order valence-electron chi connectivity index (χ1n) is 8.28. The summed E-state index contributed by atoms with van der Waals surface area (Å²) in [4.78, 5) is 49.7. The molecule has 0 aromatic rings. The third-order valence-corrected chi connectivity index (χ3v) is 4.78. The van der Waals surface area contributed by atoms with Crippen LogP contribution in [-0.4, -0.2) is 81.6 Å². The van der Waals surface area contributed by atoms with Crippen molar-refractivity contribution in [3.63, 3.8) is 0 Å². The summed E-state index contributed by atoms with van der Waals surface area (Å²) in [5, 5.41) is 21.1. The van der Waals surface area contributed by atoms with Crippen molar-refractivity contribution in [2.45, 2.75) is 44.4 Å². The first-order valence-corrected chi connectivity index (χ1v) is 8.28. The lowest BCUT2D eigenvalue weighted by Crippen LogP contribution is -2.54. The molecule has 0 saturated carbocycles. The Kier molecular flexibility index (Phi) is 5.83. The highest BCUT2D eigenvalue weighted by Gasteiger charge is 2.40. The molecule has 2 aliphatic rings. The van der Waals surface area contributed by atoms with E-state index >= 15 is 0 Å². The predicted octanol–water partition coefficient (Wildman–Crippen LogP) is -1.67. The van der Waals surface area contributed by atoms with Gasteiger partial charge in [0, 0.05) is 19.6 Å². The Morgan fingerprint density at radius 3 is 2.44 bits per heavy atom. The maximum atomic E-state index is 12.7. The summed E-state index contributed by atoms with van der Waals surface area (Å²) in [7, 11) is 0. The van der Waals surface area contributed by atoms with E-state index in [1.165, 1.54) is 16.7 Å². The molecule has 0 unspecified atom stereocenters. The number of nitrogens with two attached hydrogens (primary N) is 1. The number of amides is 4. The molecule has 10 nitrogen and oxygen atoms in total. The molecule has 25 heavy (non-hydrogen) atoms. The monoisotopic (exact) mass is 356 g/mol. The third kappa shape index (κ3) is 4.19. The second-order valence-corrected chi connectivity index (χ2v) is 6.55. The van der Waals surface area contributed by atoms with Gasteiger partial charge in [-0.25, -0.2) is 4.79 Å². The number of rotatable bonds is 5. The molecule has 2 rings (SSSR count). The molecule has 140 valence electrons. The van der Waals surface area contributed by atoms with Gasteiger partial charge in [-0.15, -0.1) is 0 Å². The molecule has 2 fully saturated rings. The van der Waals surface area contributed by atoms with Crippen LogP contribution in [0.4, 0.5) is 4.79 Å². The molecule has 0 radical (unpaired) electrons. The van der Waals surface area contributed by atoms with Crippen LogP contribution in [0.1, 0.15) is 26.2 Å². The molecule has 4 amide bonds. The summed E-state index contributed by atoms with van der Waals surface area (Å²) in [5.74, 6) is -2.07. The van der Waals surface area contributed by atoms with Crippen molar-refractivity contribution in [1.29, 1.82) is 0 Å². The van der Waals surface area contributed by atoms with Crippen LogP contribution in [0.5, 0.6) is 0 Å². The molecule has 0 aliphatic carbocycles. The molecule has 5 N–H and O–H groups in total. The number of primary amides is 1. The van der Waals surface area contributed by atoms with Gasteiger partial charge in [0.05, 0.1) is 12.0 Å². The summed E-state index contributed by atoms with van der Waals surface area (Å²) < 4.78 is 0. The number of aliphatic hydroxyl groups is 1. The van der Waals surface area contributed by atoms with E-state index in [2.05, 4.69) is 5.32 Å². The zero-order valence-electron chi connectivity index (χ0n) is 14.1. The average Bonchev–Trinajstić information content (AvgIpc) is 3.22. The molecule has 0 aromatic heterocycles. The van der Waals surface area contributed by atoms with Crippen LogP contribution in [0.3, 0.4) is 0 Å². The highest BCUT2D eigenvalue weighted by Crippen LogP contribution is 2.25. The number of carbonyl (C=O) groups is 4. The molecule has 2 aliphatic heterocycles. The molecule has 4 atom stereocenters. The van der Waals surface area contributed by atoms with Gasteiger partial charge in [-0.1, -0.05) is 0 Å². The fourth-order valence-corrected chi connectivity index (χ4v) is 3.32. The number of carbonyl (C=O) groups excluding carboxylic acids is 3. The Labute approximate surface area is 144 Å². The standard InChI is InChI=1S/C15H24N4O6/c1-8(11(20)12(16)21)17-13(22)10-3-2-5-19(10)14(23)9-4-6-18(7-9)15(24)25/h8-11,20H,2-7H2,1H3,(H2,16,21)(H,17,22)(H,24,25)/t8-,9+,10+,11+/m0/s1. The third-order valence-electron chi connectivity index (χ3n) is 4.78. The predicted molar refractivity (Wildman–Crippen MR) is 85.2 cm³/mol. The van der Waals surface area contributed by atoms with Gasteiger partial charge in [-0.2, -0.15) is 0 Å². The number of aliphatic hydroxyl groups excluding tert-OH is 1. The molecule has 2 saturated heterocycles. The van der Waals surface area contributed by atoms with Crippen molar-refractivity contribution in [2.24, 2.45) is 11.7 Å². The summed E-state index contributed by atoms with van der Waals surface area (Å²) in [5.41, 5.74) is 5.00. The Hall–Kier alpha value is -2.36. The maximum Gasteiger partial charge on any atom is 0.407 e. The van der Waals surface area contributed by atoms with E-state index in [1.807, 2.05) is 0 Å². The number of nitrogens with zero attached hydrogens (tertiary/aromatic N) is 2. The number of hydrogen-bond acceptors (Lipinski definition) is 5. The fraction of sp³-hybridized carbons (Fsp3) is 0.733. The summed E-state index contributed by atoms with van der Waals surface area (Å²) in [6, 6.07) is -1.55. The number of likely N-dealkylation sites (tertiary alicyclic amines) is 2. The summed E-state index contributed by atoms with van der Waals surface area (Å²) in [6.07, 6.45) is -0.987. The van der Waals surface area contributed by atoms with Crippen LogP contribution in [-0.2, 0) is 14.4 Å². The van der Waals surface area contributed by atoms with E-state index in [0.29, 0.717) is 32.4 Å². The van der Waals surface area contributed by atoms with Crippen LogP contribution in [0.25, 0.3) is 0 Å². The average molecular weight is 356 g/mol. The van der Waals surface area contributed by atoms with Gasteiger partial charge in [0.15, 0.2) is 6.10 Å². The van der Waals surface area contributed by atoms with Crippen LogP contribution in [0, 0.1) is 5.92 Å². The minimum Gasteiger partial charge on any atom is -0.465 e. The van der Waals surface area contributed by atoms with Gasteiger partial charge < -0.3 is 31.1 Å². The van der Waals surface area contributed by atoms with E-state index in [0.717, 1.165) is 0 Å². The van der Waals surface area contributed by atoms with Crippen molar-refractivity contribution in [1.82, 2.24) is 15.1 Å². The zero-order valence-corrected chi connectivity index (χ0v) is 14.1. The van der Waals surface area contributed by atoms with Gasteiger partial charge in [-0.3, -0.25) is 14.4 Å². The van der Waals surface area contributed by atoms with Crippen LogP contribution in [0.2, 0.25) is 0 Å². The van der Waals surface area contributed by atoms with Crippen molar-refractivity contribution >= 4 is 23.8 Å². The minimum atomic E-state index is -1.51. The van der Waals surface area contributed by atoms with Crippen LogP contribution < -0.4 is 11.1 Å². The Balaban J connectivity index is 1.97. The van der Waals surface area contributed by atoms with Crippen LogP contribution in [0.15, 0.2) is 0 Å². The summed E-state index contributed by atoms with van der Waals surface area (Å²) in [6.45, 7) is 2.32. The maximum absolute atomic E-state index is 12.7. The van der Waals surface area contributed by atoms with Crippen molar-refractivity contribution < 1.29 is 29.4 Å². The van der Waals surface area contributed by atoms with Crippen LogP contribution >= 0.6 is 0 Å². The molecular formula is C15H24N4O6. The largest absolute Gasteiger partial charge is 0.465 e. The zero-order chi connectivity index (χ0) is 18.7. The minimum absolute atomic E-state index is 0.135. The first-order chi connectivity index (χ1) is 11.7. The Morgan fingerprint density at radius 2 is 1.88 bits per heavy atom. The van der Waals surface area contributed by atoms with E-state index in [9.17, 15) is 24.3 Å². The molecule has 10 heteroatoms. The normalized spacial score (nSPS) is 25.5. The van der Waals surface area contributed by atoms with Gasteiger partial charge >= 0.3 is 6.09 Å². The lowest BCUT2D eigenvalue weighted by molar-refractivity contribution is -0.142. The second kappa shape index (κ2) is 7.68. The van der Waals surface area contributed by atoms with Crippen molar-refractivity contribution in [2.75, 3.05) is 19.6 Å². The van der Waals surface area contributed by atoms with Crippen molar-refractivity contribution in [3.8, 4) is 0 Å². The van der Waals surface area contributed by atoms with E-state index in [1.54, 1.807) is 0 Å². The SMILES string of the molecule is C[C@H](NC(=O)[C@H]1CCCN1C(=O)[C@@H]1CCN(C(=O)O)C1)[C@@H](O)C(N)=O. The molecule has 0 bridgehead atoms. The molecule has 0 spiro atoms. The van der Waals surface area contributed by atoms with Gasteiger partial charge in [0.25, 0.3) is 0 Å². The van der Waals surface area contributed by atoms with Gasteiger partial charge in [0.1, 0.15) is 6.04 Å². The highest BCUT2D eigenvalue weighted by atomic mass is 16.4. The highest BCUT2D eigenvalue weighted by molar-refractivity contribution is 5.90. The fourth-order valence-electron chi connectivity index (χ4n) is 3.32. The lowest BCUT2D eigenvalue weighted by Gasteiger charge is -2.28. The number of carboxylic acid groups (broad SMARTS) is 1. The first kappa shape index (κ1) is 19.0. The van der Waals surface area contributed by atoms with E-state index in [-0.39, 0.29) is 12.5 Å². The van der Waals surface area contributed by atoms with Crippen molar-refractivity contribution in [3.05, 3.63) is 0 Å². The van der Waals surface area contributed by atoms with Gasteiger partial charge in [0.2, 0.25) is 17.7 Å². The molecule has 2 heterocycles. The Morgan fingerprint density at radius 1 is 1.20 bits per heavy atom. The van der Waals surface area contributed by atoms with E-state index < -0.39 is 42.0 Å². The topological polar surface area (TPSA) is 153 Å². The number of hydrogen-bond donors (Lipinski definition) is 4. The quantitative estimate of drug-likeness (QED) is 0.462. The molecule has 0 aromatic carbocycles. The van der Waals surface area contributed by atoms with E-state index in [4.69, 9.17) is 10.8 Å². The Bertz CT molecular complexity index is 568. The summed E-state index contributed by atoms with van der Waals surface area (Å²) >= 11 is 0. The molecular weight excluding hydrogens is 332 g/mol. The lowest BCUT2D eigenvalue weighted by atomic mass is 10.1. The number of nitrogens with one attached hydrogen (secondary N) is 1. The van der Waals surface area contributed by atoms with Gasteiger partial charge in [-0.05, 0) is 26.2 Å².